The van der Waals surface area contributed by atoms with Crippen molar-refractivity contribution in [2.75, 3.05) is 18.0 Å². The highest BCUT2D eigenvalue weighted by Crippen LogP contribution is 2.32. The first-order chi connectivity index (χ1) is 13.1. The molecule has 144 valence electrons. The van der Waals surface area contributed by atoms with Crippen LogP contribution in [-0.2, 0) is 11.3 Å². The molecule has 0 aliphatic carbocycles. The highest BCUT2D eigenvalue weighted by atomic mass is 32.1. The topological polar surface area (TPSA) is 99.7 Å². The van der Waals surface area contributed by atoms with E-state index in [1.54, 1.807) is 17.1 Å². The monoisotopic (exact) mass is 387 g/mol. The molecule has 0 aromatic carbocycles. The zero-order valence-corrected chi connectivity index (χ0v) is 16.6. The molecule has 1 amide bonds. The number of hydrogen-bond acceptors (Lipinski definition) is 7. The van der Waals surface area contributed by atoms with Crippen LogP contribution in [-0.4, -0.2) is 44.4 Å². The van der Waals surface area contributed by atoms with Crippen LogP contribution in [0.15, 0.2) is 12.4 Å². The van der Waals surface area contributed by atoms with Crippen LogP contribution < -0.4 is 10.2 Å². The van der Waals surface area contributed by atoms with E-state index in [1.807, 2.05) is 6.92 Å². The van der Waals surface area contributed by atoms with Crippen molar-refractivity contribution in [3.05, 3.63) is 23.7 Å². The maximum Gasteiger partial charge on any atom is 0.220 e. The Hall–Kier alpha value is -2.47. The molecule has 27 heavy (non-hydrogen) atoms. The molecule has 2 aromatic rings. The predicted octanol–water partition coefficient (Wildman–Crippen LogP) is 2.12. The van der Waals surface area contributed by atoms with Gasteiger partial charge in [0.05, 0.1) is 11.9 Å². The van der Waals surface area contributed by atoms with Gasteiger partial charge < -0.3 is 10.2 Å². The number of nitrogens with one attached hydrogen (secondary N) is 1. The Bertz CT molecular complexity index is 787. The zero-order valence-electron chi connectivity index (χ0n) is 15.8. The van der Waals surface area contributed by atoms with Crippen molar-refractivity contribution in [1.29, 1.82) is 5.26 Å². The van der Waals surface area contributed by atoms with Crippen molar-refractivity contribution >= 4 is 22.4 Å². The third kappa shape index (κ3) is 4.83. The zero-order chi connectivity index (χ0) is 19.2. The van der Waals surface area contributed by atoms with Crippen LogP contribution in [0.2, 0.25) is 0 Å². The van der Waals surface area contributed by atoms with Crippen LogP contribution in [0.25, 0.3) is 0 Å². The van der Waals surface area contributed by atoms with E-state index in [0.29, 0.717) is 24.4 Å². The Morgan fingerprint density at radius 1 is 1.48 bits per heavy atom. The molecule has 2 aromatic heterocycles. The Labute approximate surface area is 163 Å². The number of hydrogen-bond donors (Lipinski definition) is 1. The van der Waals surface area contributed by atoms with Crippen molar-refractivity contribution < 1.29 is 4.79 Å². The molecule has 0 radical (unpaired) electrons. The van der Waals surface area contributed by atoms with Gasteiger partial charge in [-0.05, 0) is 50.6 Å². The van der Waals surface area contributed by atoms with Crippen LogP contribution in [0.4, 0.5) is 5.00 Å². The van der Waals surface area contributed by atoms with Gasteiger partial charge in [0.25, 0.3) is 0 Å². The second-order valence-electron chi connectivity index (χ2n) is 7.01. The Morgan fingerprint density at radius 2 is 2.26 bits per heavy atom. The highest BCUT2D eigenvalue weighted by Gasteiger charge is 2.27. The first-order valence-corrected chi connectivity index (χ1v) is 10.1. The summed E-state index contributed by atoms with van der Waals surface area (Å²) in [6.07, 6.45) is 6.69. The van der Waals surface area contributed by atoms with Gasteiger partial charge in [-0.25, -0.2) is 0 Å². The average molecular weight is 388 g/mol. The largest absolute Gasteiger partial charge is 0.361 e. The quantitative estimate of drug-likeness (QED) is 0.781. The van der Waals surface area contributed by atoms with Crippen molar-refractivity contribution in [3.63, 3.8) is 0 Å². The molecule has 3 heterocycles. The summed E-state index contributed by atoms with van der Waals surface area (Å²) in [5.74, 6) is 0.551. The minimum absolute atomic E-state index is 0.0925. The van der Waals surface area contributed by atoms with Gasteiger partial charge in [-0.3, -0.25) is 9.48 Å². The van der Waals surface area contributed by atoms with E-state index in [4.69, 9.17) is 0 Å². The summed E-state index contributed by atoms with van der Waals surface area (Å²) < 4.78 is 6.05. The predicted molar refractivity (Wildman–Crippen MR) is 103 cm³/mol. The Balaban J connectivity index is 1.42. The number of carbonyl (C=O) groups is 1. The average Bonchev–Trinajstić information content (AvgIpc) is 3.31. The van der Waals surface area contributed by atoms with Gasteiger partial charge in [0.1, 0.15) is 16.6 Å². The van der Waals surface area contributed by atoms with E-state index in [1.165, 1.54) is 11.5 Å². The minimum Gasteiger partial charge on any atom is -0.361 e. The fourth-order valence-corrected chi connectivity index (χ4v) is 4.40. The molecule has 0 saturated carbocycles. The molecule has 0 spiro atoms. The first kappa shape index (κ1) is 19.3. The van der Waals surface area contributed by atoms with Crippen molar-refractivity contribution in [3.8, 4) is 6.07 Å². The van der Waals surface area contributed by atoms with Crippen LogP contribution in [0.3, 0.4) is 0 Å². The summed E-state index contributed by atoms with van der Waals surface area (Å²) in [7, 11) is 0. The minimum atomic E-state index is 0.0925. The van der Waals surface area contributed by atoms with Crippen LogP contribution in [0, 0.1) is 24.2 Å². The molecule has 0 bridgehead atoms. The lowest BCUT2D eigenvalue weighted by Gasteiger charge is -2.35. The second-order valence-corrected chi connectivity index (χ2v) is 7.76. The number of aryl methyl sites for hydroxylation is 2. The second kappa shape index (κ2) is 8.95. The number of anilines is 1. The van der Waals surface area contributed by atoms with Crippen LogP contribution in [0.5, 0.6) is 0 Å². The van der Waals surface area contributed by atoms with E-state index in [0.717, 1.165) is 43.0 Å². The molecular weight excluding hydrogens is 362 g/mol. The van der Waals surface area contributed by atoms with Crippen LogP contribution in [0.1, 0.15) is 43.9 Å². The number of carbonyl (C=O) groups excluding carboxylic acids is 1. The number of piperidine rings is 1. The van der Waals surface area contributed by atoms with E-state index >= 15 is 0 Å². The summed E-state index contributed by atoms with van der Waals surface area (Å²) in [5.41, 5.74) is 1.51. The normalized spacial score (nSPS) is 16.1. The number of nitrogens with zero attached hydrogens (tertiary/aromatic N) is 6. The Kier molecular flexibility index (Phi) is 6.40. The summed E-state index contributed by atoms with van der Waals surface area (Å²) in [6, 6.07) is 2.43. The van der Waals surface area contributed by atoms with Gasteiger partial charge in [-0.2, -0.15) is 9.64 Å². The maximum absolute atomic E-state index is 12.2. The van der Waals surface area contributed by atoms with E-state index in [-0.39, 0.29) is 11.9 Å². The highest BCUT2D eigenvalue weighted by molar-refractivity contribution is 7.10. The smallest absolute Gasteiger partial charge is 0.220 e. The standard InChI is InChI=1S/C18H25N7OS/c1-13(21-17(26)4-3-8-25-11-7-20-23-25)15-5-9-24(10-6-15)18-16(12-19)14(2)22-27-18/h7,11,13,15H,3-6,8-10H2,1-2H3,(H,21,26)/t13-/m1/s1. The number of aromatic nitrogens is 4. The van der Waals surface area contributed by atoms with Crippen LogP contribution >= 0.6 is 11.5 Å². The van der Waals surface area contributed by atoms with E-state index < -0.39 is 0 Å². The van der Waals surface area contributed by atoms with Crippen molar-refractivity contribution in [2.45, 2.75) is 52.1 Å². The molecule has 1 fully saturated rings. The number of rotatable bonds is 7. The third-order valence-electron chi connectivity index (χ3n) is 5.14. The summed E-state index contributed by atoms with van der Waals surface area (Å²) in [4.78, 5) is 14.4. The van der Waals surface area contributed by atoms with Crippen molar-refractivity contribution in [1.82, 2.24) is 24.7 Å². The molecule has 8 nitrogen and oxygen atoms in total. The van der Waals surface area contributed by atoms with Gasteiger partial charge in [-0.15, -0.1) is 5.10 Å². The molecule has 1 aliphatic rings. The number of amides is 1. The number of nitriles is 1. The third-order valence-corrected chi connectivity index (χ3v) is 6.14. The fraction of sp³-hybridized carbons (Fsp3) is 0.611. The van der Waals surface area contributed by atoms with Gasteiger partial charge in [0.2, 0.25) is 5.91 Å². The first-order valence-electron chi connectivity index (χ1n) is 9.33. The SMILES string of the molecule is Cc1nsc(N2CCC([C@@H](C)NC(=O)CCCn3ccnn3)CC2)c1C#N. The molecule has 1 N–H and O–H groups in total. The van der Waals surface area contributed by atoms with Crippen molar-refractivity contribution in [2.24, 2.45) is 5.92 Å². The van der Waals surface area contributed by atoms with E-state index in [2.05, 4.69) is 37.9 Å². The molecule has 1 aliphatic heterocycles. The molecular formula is C18H25N7OS. The Morgan fingerprint density at radius 3 is 2.93 bits per heavy atom. The molecule has 1 saturated heterocycles. The summed E-state index contributed by atoms with van der Waals surface area (Å²) in [5, 5.41) is 21.1. The van der Waals surface area contributed by atoms with Gasteiger partial charge in [0, 0.05) is 38.3 Å². The molecule has 3 rings (SSSR count). The van der Waals surface area contributed by atoms with Gasteiger partial charge in [-0.1, -0.05) is 5.21 Å². The summed E-state index contributed by atoms with van der Waals surface area (Å²) in [6.45, 7) is 6.47. The summed E-state index contributed by atoms with van der Waals surface area (Å²) >= 11 is 1.41. The molecule has 9 heteroatoms. The lowest BCUT2D eigenvalue weighted by molar-refractivity contribution is -0.122. The maximum atomic E-state index is 12.2. The van der Waals surface area contributed by atoms with E-state index in [9.17, 15) is 10.1 Å². The lowest BCUT2D eigenvalue weighted by Crippen LogP contribution is -2.44. The molecule has 1 atom stereocenters. The lowest BCUT2D eigenvalue weighted by atomic mass is 9.90. The molecule has 0 unspecified atom stereocenters. The fourth-order valence-electron chi connectivity index (χ4n) is 3.50. The van der Waals surface area contributed by atoms with Gasteiger partial charge in [0.15, 0.2) is 0 Å². The van der Waals surface area contributed by atoms with Gasteiger partial charge >= 0.3 is 0 Å².